The molecule has 1 aliphatic rings. The first-order chi connectivity index (χ1) is 10.3. The van der Waals surface area contributed by atoms with Crippen LogP contribution < -0.4 is 5.32 Å². The van der Waals surface area contributed by atoms with Crippen LogP contribution in [0.4, 0.5) is 4.39 Å². The van der Waals surface area contributed by atoms with Crippen molar-refractivity contribution >= 4 is 0 Å². The first-order valence-electron chi connectivity index (χ1n) is 7.99. The van der Waals surface area contributed by atoms with Gasteiger partial charge < -0.3 is 9.73 Å². The van der Waals surface area contributed by atoms with Crippen LogP contribution in [0.2, 0.25) is 0 Å². The molecule has 0 amide bonds. The number of rotatable bonds is 4. The zero-order valence-corrected chi connectivity index (χ0v) is 12.4. The molecule has 0 bridgehead atoms. The van der Waals surface area contributed by atoms with E-state index in [1.54, 1.807) is 12.1 Å². The summed E-state index contributed by atoms with van der Waals surface area (Å²) in [6, 6.07) is 11.2. The summed E-state index contributed by atoms with van der Waals surface area (Å²) in [6.45, 7) is 0.895. The van der Waals surface area contributed by atoms with Crippen LogP contribution in [0.25, 0.3) is 11.3 Å². The fourth-order valence-electron chi connectivity index (χ4n) is 3.09. The molecule has 2 nitrogen and oxygen atoms in total. The van der Waals surface area contributed by atoms with Gasteiger partial charge in [0.1, 0.15) is 18.1 Å². The van der Waals surface area contributed by atoms with Crippen LogP contribution >= 0.6 is 0 Å². The van der Waals surface area contributed by atoms with Crippen molar-refractivity contribution in [3.63, 3.8) is 0 Å². The topological polar surface area (TPSA) is 29.8 Å². The standard InChI is InChI=1S/C18H22FNO/c19-15-9-7-14(8-10-15)18-12-11-17(21-18)13-20-16-5-3-1-2-4-6-16/h7-12,16,20H,1-6,13H2/p+1. The Balaban J connectivity index is 1.58. The van der Waals surface area contributed by atoms with Crippen LogP contribution in [0.5, 0.6) is 0 Å². The summed E-state index contributed by atoms with van der Waals surface area (Å²) in [5, 5.41) is 2.42. The average molecular weight is 288 g/mol. The van der Waals surface area contributed by atoms with Gasteiger partial charge in [-0.1, -0.05) is 12.8 Å². The number of furan rings is 1. The molecule has 0 unspecified atom stereocenters. The summed E-state index contributed by atoms with van der Waals surface area (Å²) < 4.78 is 18.8. The third kappa shape index (κ3) is 3.94. The summed E-state index contributed by atoms with van der Waals surface area (Å²) >= 11 is 0. The third-order valence-electron chi connectivity index (χ3n) is 4.34. The summed E-state index contributed by atoms with van der Waals surface area (Å²) in [4.78, 5) is 0. The molecule has 0 spiro atoms. The lowest BCUT2D eigenvalue weighted by molar-refractivity contribution is -0.707. The Labute approximate surface area is 125 Å². The van der Waals surface area contributed by atoms with Gasteiger partial charge in [-0.05, 0) is 62.1 Å². The lowest BCUT2D eigenvalue weighted by atomic mass is 10.1. The smallest absolute Gasteiger partial charge is 0.158 e. The Morgan fingerprint density at radius 2 is 1.67 bits per heavy atom. The summed E-state index contributed by atoms with van der Waals surface area (Å²) in [6.07, 6.45) is 8.15. The van der Waals surface area contributed by atoms with Crippen molar-refractivity contribution in [3.05, 3.63) is 48.0 Å². The summed E-state index contributed by atoms with van der Waals surface area (Å²) in [7, 11) is 0. The van der Waals surface area contributed by atoms with Gasteiger partial charge >= 0.3 is 0 Å². The molecule has 1 aromatic heterocycles. The molecule has 1 heterocycles. The second-order valence-electron chi connectivity index (χ2n) is 5.96. The second-order valence-corrected chi connectivity index (χ2v) is 5.96. The Morgan fingerprint density at radius 3 is 2.38 bits per heavy atom. The Bertz CT molecular complexity index is 553. The highest BCUT2D eigenvalue weighted by Gasteiger charge is 2.15. The molecule has 0 atom stereocenters. The second kappa shape index (κ2) is 6.90. The molecule has 0 aliphatic heterocycles. The molecule has 21 heavy (non-hydrogen) atoms. The molecule has 0 saturated heterocycles. The van der Waals surface area contributed by atoms with E-state index in [4.69, 9.17) is 4.42 Å². The van der Waals surface area contributed by atoms with Gasteiger partial charge in [-0.2, -0.15) is 0 Å². The molecule has 1 aromatic carbocycles. The van der Waals surface area contributed by atoms with Gasteiger partial charge in [0, 0.05) is 5.56 Å². The van der Waals surface area contributed by atoms with E-state index in [-0.39, 0.29) is 5.82 Å². The molecular weight excluding hydrogens is 265 g/mol. The van der Waals surface area contributed by atoms with Crippen molar-refractivity contribution in [2.45, 2.75) is 51.1 Å². The predicted octanol–water partition coefficient (Wildman–Crippen LogP) is 3.87. The highest BCUT2D eigenvalue weighted by atomic mass is 19.1. The molecular formula is C18H23FNO+. The minimum absolute atomic E-state index is 0.216. The SMILES string of the molecule is Fc1ccc(-c2ccc(C[NH2+]C3CCCCCC3)o2)cc1. The van der Waals surface area contributed by atoms with Gasteiger partial charge in [-0.3, -0.25) is 0 Å². The summed E-state index contributed by atoms with van der Waals surface area (Å²) in [5.41, 5.74) is 0.928. The zero-order valence-electron chi connectivity index (χ0n) is 12.4. The molecule has 3 heteroatoms. The number of benzene rings is 1. The van der Waals surface area contributed by atoms with E-state index in [9.17, 15) is 4.39 Å². The molecule has 1 aliphatic carbocycles. The lowest BCUT2D eigenvalue weighted by Crippen LogP contribution is -2.88. The monoisotopic (exact) mass is 288 g/mol. The number of quaternary nitrogens is 1. The Morgan fingerprint density at radius 1 is 0.952 bits per heavy atom. The van der Waals surface area contributed by atoms with Gasteiger partial charge in [-0.25, -0.2) is 4.39 Å². The maximum absolute atomic E-state index is 12.9. The first kappa shape index (κ1) is 14.3. The predicted molar refractivity (Wildman–Crippen MR) is 81.2 cm³/mol. The van der Waals surface area contributed by atoms with E-state index in [0.29, 0.717) is 0 Å². The average Bonchev–Trinajstić information content (AvgIpc) is 2.81. The highest BCUT2D eigenvalue weighted by molar-refractivity contribution is 5.57. The quantitative estimate of drug-likeness (QED) is 0.850. The highest BCUT2D eigenvalue weighted by Crippen LogP contribution is 2.22. The fraction of sp³-hybridized carbons (Fsp3) is 0.444. The molecule has 2 N–H and O–H groups in total. The summed E-state index contributed by atoms with van der Waals surface area (Å²) in [5.74, 6) is 1.60. The minimum atomic E-state index is -0.216. The molecule has 0 radical (unpaired) electrons. The van der Waals surface area contributed by atoms with Gasteiger partial charge in [0.2, 0.25) is 0 Å². The van der Waals surface area contributed by atoms with Crippen molar-refractivity contribution in [2.75, 3.05) is 0 Å². The minimum Gasteiger partial charge on any atom is -0.455 e. The molecule has 1 saturated carbocycles. The number of nitrogens with two attached hydrogens (primary N) is 1. The van der Waals surface area contributed by atoms with Crippen molar-refractivity contribution < 1.29 is 14.1 Å². The molecule has 1 fully saturated rings. The van der Waals surface area contributed by atoms with Crippen LogP contribution in [0, 0.1) is 5.82 Å². The number of hydrogen-bond donors (Lipinski definition) is 1. The normalized spacial score (nSPS) is 16.8. The van der Waals surface area contributed by atoms with Gasteiger partial charge in [-0.15, -0.1) is 0 Å². The zero-order chi connectivity index (χ0) is 14.5. The number of hydrogen-bond acceptors (Lipinski definition) is 1. The third-order valence-corrected chi connectivity index (χ3v) is 4.34. The van der Waals surface area contributed by atoms with Crippen molar-refractivity contribution in [2.24, 2.45) is 0 Å². The van der Waals surface area contributed by atoms with Gasteiger partial charge in [0.05, 0.1) is 6.04 Å². The Hall–Kier alpha value is -1.61. The van der Waals surface area contributed by atoms with Crippen LogP contribution in [0.3, 0.4) is 0 Å². The molecule has 3 rings (SSSR count). The van der Waals surface area contributed by atoms with Crippen LogP contribution in [-0.4, -0.2) is 6.04 Å². The van der Waals surface area contributed by atoms with Gasteiger partial charge in [0.15, 0.2) is 5.76 Å². The van der Waals surface area contributed by atoms with E-state index in [1.807, 2.05) is 12.1 Å². The lowest BCUT2D eigenvalue weighted by Gasteiger charge is -2.11. The van der Waals surface area contributed by atoms with E-state index >= 15 is 0 Å². The van der Waals surface area contributed by atoms with E-state index in [0.717, 1.165) is 29.7 Å². The number of halogens is 1. The van der Waals surface area contributed by atoms with E-state index in [2.05, 4.69) is 5.32 Å². The maximum atomic E-state index is 12.9. The molecule has 2 aromatic rings. The first-order valence-corrected chi connectivity index (χ1v) is 7.99. The van der Waals surface area contributed by atoms with Crippen LogP contribution in [0.15, 0.2) is 40.8 Å². The maximum Gasteiger partial charge on any atom is 0.158 e. The van der Waals surface area contributed by atoms with E-state index in [1.165, 1.54) is 50.7 Å². The largest absolute Gasteiger partial charge is 0.455 e. The Kier molecular flexibility index (Phi) is 4.71. The van der Waals surface area contributed by atoms with Crippen molar-refractivity contribution in [3.8, 4) is 11.3 Å². The van der Waals surface area contributed by atoms with Crippen molar-refractivity contribution in [1.29, 1.82) is 0 Å². The van der Waals surface area contributed by atoms with Crippen LogP contribution in [-0.2, 0) is 6.54 Å². The van der Waals surface area contributed by atoms with Crippen LogP contribution in [0.1, 0.15) is 44.3 Å². The van der Waals surface area contributed by atoms with Crippen molar-refractivity contribution in [1.82, 2.24) is 0 Å². The fourth-order valence-corrected chi connectivity index (χ4v) is 3.09. The van der Waals surface area contributed by atoms with E-state index < -0.39 is 0 Å². The molecule has 112 valence electrons. The van der Waals surface area contributed by atoms with Gasteiger partial charge in [0.25, 0.3) is 0 Å².